The summed E-state index contributed by atoms with van der Waals surface area (Å²) < 4.78 is 2.03. The second-order valence-corrected chi connectivity index (χ2v) is 6.05. The first kappa shape index (κ1) is 14.8. The summed E-state index contributed by atoms with van der Waals surface area (Å²) in [5.41, 5.74) is 3.56. The molecule has 0 saturated carbocycles. The molecule has 0 radical (unpaired) electrons. The van der Waals surface area contributed by atoms with Gasteiger partial charge in [0.25, 0.3) is 0 Å². The molecule has 0 aliphatic rings. The second-order valence-electron chi connectivity index (χ2n) is 6.05. The van der Waals surface area contributed by atoms with Crippen molar-refractivity contribution < 1.29 is 0 Å². The largest absolute Gasteiger partial charge is 0.368 e. The fourth-order valence-corrected chi connectivity index (χ4v) is 2.90. The molecule has 24 heavy (non-hydrogen) atoms. The molecule has 4 aromatic heterocycles. The average molecular weight is 321 g/mol. The number of rotatable bonds is 5. The zero-order valence-electron chi connectivity index (χ0n) is 13.8. The van der Waals surface area contributed by atoms with Crippen LogP contribution in [-0.4, -0.2) is 56.4 Å². The molecule has 0 unspecified atom stereocenters. The molecular weight excluding hydrogens is 302 g/mol. The molecule has 4 rings (SSSR count). The van der Waals surface area contributed by atoms with E-state index >= 15 is 0 Å². The lowest BCUT2D eigenvalue weighted by Gasteiger charge is -2.11. The Hall–Kier alpha value is -2.80. The second kappa shape index (κ2) is 6.01. The third-order valence-corrected chi connectivity index (χ3v) is 4.02. The van der Waals surface area contributed by atoms with E-state index in [1.807, 2.05) is 16.7 Å². The van der Waals surface area contributed by atoms with Crippen LogP contribution in [0.3, 0.4) is 0 Å². The van der Waals surface area contributed by atoms with Crippen molar-refractivity contribution in [2.75, 3.05) is 32.5 Å². The van der Waals surface area contributed by atoms with Gasteiger partial charge in [-0.3, -0.25) is 14.4 Å². The third kappa shape index (κ3) is 2.52. The summed E-state index contributed by atoms with van der Waals surface area (Å²) >= 11 is 0. The van der Waals surface area contributed by atoms with E-state index in [-0.39, 0.29) is 0 Å². The number of fused-ring (bicyclic) bond motifs is 5. The van der Waals surface area contributed by atoms with E-state index in [2.05, 4.69) is 34.3 Å². The van der Waals surface area contributed by atoms with Crippen molar-refractivity contribution in [3.05, 3.63) is 37.1 Å². The molecule has 0 aliphatic heterocycles. The van der Waals surface area contributed by atoms with Gasteiger partial charge in [-0.05, 0) is 33.1 Å². The number of anilines is 1. The fourth-order valence-electron chi connectivity index (χ4n) is 2.90. The number of nitrogens with one attached hydrogen (secondary N) is 1. The average Bonchev–Trinajstić information content (AvgIpc) is 2.98. The Morgan fingerprint density at radius 2 is 2.00 bits per heavy atom. The Labute approximate surface area is 139 Å². The molecule has 4 aromatic rings. The maximum Gasteiger partial charge on any atom is 0.156 e. The molecule has 4 heterocycles. The van der Waals surface area contributed by atoms with Crippen LogP contribution in [0.4, 0.5) is 5.82 Å². The van der Waals surface area contributed by atoms with Crippen molar-refractivity contribution in [2.24, 2.45) is 0 Å². The third-order valence-electron chi connectivity index (χ3n) is 4.02. The number of hydrogen-bond donors (Lipinski definition) is 1. The first-order valence-corrected chi connectivity index (χ1v) is 7.98. The molecule has 0 bridgehead atoms. The first-order chi connectivity index (χ1) is 11.7. The van der Waals surface area contributed by atoms with Crippen molar-refractivity contribution in [2.45, 2.75) is 6.42 Å². The summed E-state index contributed by atoms with van der Waals surface area (Å²) in [6.45, 7) is 1.88. The zero-order chi connectivity index (χ0) is 16.5. The van der Waals surface area contributed by atoms with Crippen LogP contribution in [0.2, 0.25) is 0 Å². The molecular formula is C17H19N7. The number of aromatic nitrogens is 5. The lowest BCUT2D eigenvalue weighted by molar-refractivity contribution is 0.405. The highest BCUT2D eigenvalue weighted by Crippen LogP contribution is 2.29. The van der Waals surface area contributed by atoms with Gasteiger partial charge in [-0.1, -0.05) is 0 Å². The van der Waals surface area contributed by atoms with Gasteiger partial charge >= 0.3 is 0 Å². The van der Waals surface area contributed by atoms with Crippen molar-refractivity contribution >= 4 is 33.4 Å². The van der Waals surface area contributed by atoms with Gasteiger partial charge in [0.2, 0.25) is 0 Å². The molecule has 0 atom stereocenters. The van der Waals surface area contributed by atoms with Gasteiger partial charge in [-0.15, -0.1) is 0 Å². The molecule has 0 amide bonds. The Bertz CT molecular complexity index is 1010. The minimum atomic E-state index is 0.815. The normalized spacial score (nSPS) is 11.8. The number of nitrogens with zero attached hydrogens (tertiary/aromatic N) is 6. The van der Waals surface area contributed by atoms with Gasteiger partial charge in [-0.2, -0.15) is 0 Å². The SMILES string of the molecule is CN(C)CCCNc1nc2cnccc2c2nc3cnccn3c12. The summed E-state index contributed by atoms with van der Waals surface area (Å²) in [6.07, 6.45) is 10.0. The van der Waals surface area contributed by atoms with Crippen molar-refractivity contribution in [1.29, 1.82) is 0 Å². The summed E-state index contributed by atoms with van der Waals surface area (Å²) in [4.78, 5) is 20.1. The van der Waals surface area contributed by atoms with Gasteiger partial charge in [0.05, 0.1) is 17.9 Å². The van der Waals surface area contributed by atoms with Gasteiger partial charge < -0.3 is 10.2 Å². The predicted molar refractivity (Wildman–Crippen MR) is 95.2 cm³/mol. The molecule has 122 valence electrons. The van der Waals surface area contributed by atoms with Gasteiger partial charge in [0.1, 0.15) is 11.0 Å². The monoisotopic (exact) mass is 321 g/mol. The number of pyridine rings is 2. The Balaban J connectivity index is 1.86. The molecule has 0 spiro atoms. The van der Waals surface area contributed by atoms with Crippen LogP contribution in [0.1, 0.15) is 6.42 Å². The molecule has 0 fully saturated rings. The smallest absolute Gasteiger partial charge is 0.156 e. The molecule has 7 heteroatoms. The van der Waals surface area contributed by atoms with E-state index < -0.39 is 0 Å². The maximum absolute atomic E-state index is 4.77. The topological polar surface area (TPSA) is 71.2 Å². The van der Waals surface area contributed by atoms with Crippen LogP contribution < -0.4 is 5.32 Å². The lowest BCUT2D eigenvalue weighted by atomic mass is 10.2. The highest BCUT2D eigenvalue weighted by atomic mass is 15.1. The quantitative estimate of drug-likeness (QED) is 0.568. The first-order valence-electron chi connectivity index (χ1n) is 7.98. The van der Waals surface area contributed by atoms with E-state index in [1.54, 1.807) is 24.8 Å². The Kier molecular flexibility index (Phi) is 3.70. The molecule has 0 aliphatic carbocycles. The van der Waals surface area contributed by atoms with Crippen LogP contribution in [0.5, 0.6) is 0 Å². The summed E-state index contributed by atoms with van der Waals surface area (Å²) in [5, 5.41) is 4.47. The highest BCUT2D eigenvalue weighted by molar-refractivity contribution is 6.07. The summed E-state index contributed by atoms with van der Waals surface area (Å²) in [5.74, 6) is 0.836. The van der Waals surface area contributed by atoms with E-state index in [0.29, 0.717) is 0 Å². The minimum absolute atomic E-state index is 0.815. The standard InChI is InChI=1S/C17H19N7/c1-23(2)8-3-5-20-17-16-15(12-4-6-18-10-13(12)21-17)22-14-11-19-7-9-24(14)16/h4,6-7,9-11H,3,5,8H2,1-2H3,(H,20,21). The van der Waals surface area contributed by atoms with Gasteiger partial charge in [-0.25, -0.2) is 9.97 Å². The van der Waals surface area contributed by atoms with Crippen molar-refractivity contribution in [1.82, 2.24) is 29.2 Å². The van der Waals surface area contributed by atoms with Crippen molar-refractivity contribution in [3.63, 3.8) is 0 Å². The van der Waals surface area contributed by atoms with Crippen LogP contribution in [-0.2, 0) is 0 Å². The lowest BCUT2D eigenvalue weighted by Crippen LogP contribution is -2.16. The van der Waals surface area contributed by atoms with Crippen LogP contribution in [0.25, 0.3) is 27.6 Å². The number of imidazole rings is 1. The molecule has 0 aromatic carbocycles. The molecule has 0 saturated heterocycles. The maximum atomic E-state index is 4.77. The summed E-state index contributed by atoms with van der Waals surface area (Å²) in [6, 6.07) is 1.96. The van der Waals surface area contributed by atoms with Gasteiger partial charge in [0.15, 0.2) is 11.5 Å². The van der Waals surface area contributed by atoms with E-state index in [1.165, 1.54) is 0 Å². The van der Waals surface area contributed by atoms with E-state index in [9.17, 15) is 0 Å². The van der Waals surface area contributed by atoms with Crippen molar-refractivity contribution in [3.8, 4) is 0 Å². The highest BCUT2D eigenvalue weighted by Gasteiger charge is 2.14. The molecule has 1 N–H and O–H groups in total. The number of hydrogen-bond acceptors (Lipinski definition) is 6. The van der Waals surface area contributed by atoms with E-state index in [4.69, 9.17) is 9.97 Å². The minimum Gasteiger partial charge on any atom is -0.368 e. The van der Waals surface area contributed by atoms with Gasteiger partial charge in [0, 0.05) is 30.5 Å². The zero-order valence-corrected chi connectivity index (χ0v) is 13.8. The fraction of sp³-hybridized carbons (Fsp3) is 0.294. The Morgan fingerprint density at radius 3 is 2.88 bits per heavy atom. The predicted octanol–water partition coefficient (Wildman–Crippen LogP) is 2.19. The van der Waals surface area contributed by atoms with E-state index in [0.717, 1.165) is 52.9 Å². The van der Waals surface area contributed by atoms with Crippen LogP contribution >= 0.6 is 0 Å². The summed E-state index contributed by atoms with van der Waals surface area (Å²) in [7, 11) is 4.16. The molecule has 7 nitrogen and oxygen atoms in total. The van der Waals surface area contributed by atoms with Crippen LogP contribution in [0.15, 0.2) is 37.1 Å². The van der Waals surface area contributed by atoms with Crippen LogP contribution in [0, 0.1) is 0 Å². The Morgan fingerprint density at radius 1 is 1.12 bits per heavy atom.